The van der Waals surface area contributed by atoms with Crippen LogP contribution in [0.25, 0.3) is 0 Å². The zero-order valence-electron chi connectivity index (χ0n) is 17.0. The Kier molecular flexibility index (Phi) is 5.18. The van der Waals surface area contributed by atoms with Crippen molar-refractivity contribution in [2.45, 2.75) is 19.3 Å². The molecule has 2 aliphatic heterocycles. The van der Waals surface area contributed by atoms with Gasteiger partial charge in [0, 0.05) is 18.8 Å². The lowest BCUT2D eigenvalue weighted by molar-refractivity contribution is -0.0180. The average molecular weight is 417 g/mol. The predicted molar refractivity (Wildman–Crippen MR) is 115 cm³/mol. The van der Waals surface area contributed by atoms with E-state index in [4.69, 9.17) is 9.47 Å². The Morgan fingerprint density at radius 3 is 2.39 bits per heavy atom. The van der Waals surface area contributed by atoms with Crippen LogP contribution in [-0.4, -0.2) is 41.4 Å². The summed E-state index contributed by atoms with van der Waals surface area (Å²) in [4.78, 5) is 27.9. The maximum atomic E-state index is 13.4. The molecule has 158 valence electrons. The van der Waals surface area contributed by atoms with E-state index in [1.807, 2.05) is 60.7 Å². The number of nitrogens with zero attached hydrogens (tertiary/aromatic N) is 3. The van der Waals surface area contributed by atoms with Crippen LogP contribution in [0.2, 0.25) is 0 Å². The highest BCUT2D eigenvalue weighted by molar-refractivity contribution is 5.96. The summed E-state index contributed by atoms with van der Waals surface area (Å²) in [5, 5.41) is 2.06. The van der Waals surface area contributed by atoms with Crippen LogP contribution in [0.5, 0.6) is 5.75 Å². The number of carbonyl (C=O) groups is 1. The number of rotatable bonds is 5. The predicted octanol–water partition coefficient (Wildman–Crippen LogP) is 2.38. The molecule has 1 aromatic heterocycles. The molecule has 2 aromatic carbocycles. The number of benzene rings is 2. The molecule has 0 spiro atoms. The smallest absolute Gasteiger partial charge is 0.278 e. The quantitative estimate of drug-likeness (QED) is 0.638. The molecule has 0 bridgehead atoms. The third-order valence-corrected chi connectivity index (χ3v) is 5.64. The van der Waals surface area contributed by atoms with Crippen molar-refractivity contribution in [1.29, 1.82) is 0 Å². The summed E-state index contributed by atoms with van der Waals surface area (Å²) in [7, 11) is 0. The molecule has 0 aliphatic carbocycles. The van der Waals surface area contributed by atoms with Crippen LogP contribution >= 0.6 is 0 Å². The van der Waals surface area contributed by atoms with Crippen molar-refractivity contribution in [3.8, 4) is 5.75 Å². The van der Waals surface area contributed by atoms with Crippen LogP contribution in [-0.2, 0) is 17.9 Å². The fourth-order valence-corrected chi connectivity index (χ4v) is 4.09. The van der Waals surface area contributed by atoms with Gasteiger partial charge in [0.25, 0.3) is 5.91 Å². The normalized spacial score (nSPS) is 17.8. The summed E-state index contributed by atoms with van der Waals surface area (Å²) in [5.74, 6) is -0.127. The lowest BCUT2D eigenvalue weighted by atomic mass is 10.1. The Morgan fingerprint density at radius 2 is 1.65 bits per heavy atom. The standard InChI is InChI=1S/C24H23N3O4/c28-20-11-12-26-22(23(20)31-16-19-9-5-2-6-10-19)24(29)25-13-14-30-17-21(25)27(26)15-18-7-3-1-4-8-18/h1-12,21H,13-17H2/t21-/m1/s1. The molecular formula is C24H23N3O4. The minimum atomic E-state index is -0.304. The van der Waals surface area contributed by atoms with Gasteiger partial charge in [0.2, 0.25) is 5.43 Å². The van der Waals surface area contributed by atoms with Gasteiger partial charge in [-0.3, -0.25) is 19.3 Å². The zero-order valence-corrected chi connectivity index (χ0v) is 17.0. The lowest BCUT2D eigenvalue weighted by Gasteiger charge is -2.48. The van der Waals surface area contributed by atoms with E-state index in [1.165, 1.54) is 6.07 Å². The Morgan fingerprint density at radius 1 is 0.935 bits per heavy atom. The fraction of sp³-hybridized carbons (Fsp3) is 0.250. The van der Waals surface area contributed by atoms with Gasteiger partial charge >= 0.3 is 0 Å². The van der Waals surface area contributed by atoms with E-state index in [0.29, 0.717) is 26.3 Å². The highest BCUT2D eigenvalue weighted by Crippen LogP contribution is 2.27. The van der Waals surface area contributed by atoms with E-state index in [2.05, 4.69) is 5.01 Å². The van der Waals surface area contributed by atoms with Crippen molar-refractivity contribution in [1.82, 2.24) is 9.58 Å². The summed E-state index contributed by atoms with van der Waals surface area (Å²) in [5.41, 5.74) is 1.98. The summed E-state index contributed by atoms with van der Waals surface area (Å²) in [6.45, 7) is 2.12. The molecule has 0 radical (unpaired) electrons. The Hall–Kier alpha value is -3.58. The summed E-state index contributed by atoms with van der Waals surface area (Å²) in [6.07, 6.45) is 1.40. The minimum absolute atomic E-state index is 0.0827. The average Bonchev–Trinajstić information content (AvgIpc) is 2.82. The third-order valence-electron chi connectivity index (χ3n) is 5.64. The second-order valence-corrected chi connectivity index (χ2v) is 7.61. The molecule has 5 rings (SSSR count). The van der Waals surface area contributed by atoms with Crippen molar-refractivity contribution < 1.29 is 14.3 Å². The van der Waals surface area contributed by atoms with Gasteiger partial charge in [0.05, 0.1) is 19.8 Å². The molecular weight excluding hydrogens is 394 g/mol. The molecule has 2 aliphatic rings. The van der Waals surface area contributed by atoms with Gasteiger partial charge in [0.15, 0.2) is 11.4 Å². The molecule has 7 heteroatoms. The highest BCUT2D eigenvalue weighted by atomic mass is 16.5. The molecule has 1 saturated heterocycles. The second kappa shape index (κ2) is 8.28. The lowest BCUT2D eigenvalue weighted by Crippen LogP contribution is -2.65. The first kappa shape index (κ1) is 19.4. The molecule has 0 saturated carbocycles. The summed E-state index contributed by atoms with van der Waals surface area (Å²) < 4.78 is 13.4. The molecule has 1 amide bonds. The van der Waals surface area contributed by atoms with E-state index >= 15 is 0 Å². The van der Waals surface area contributed by atoms with E-state index in [-0.39, 0.29) is 35.6 Å². The van der Waals surface area contributed by atoms with Gasteiger partial charge < -0.3 is 14.4 Å². The number of aromatic nitrogens is 1. The minimum Gasteiger partial charge on any atom is -0.482 e. The van der Waals surface area contributed by atoms with Gasteiger partial charge in [-0.1, -0.05) is 60.7 Å². The van der Waals surface area contributed by atoms with Crippen molar-refractivity contribution >= 4 is 5.91 Å². The monoisotopic (exact) mass is 417 g/mol. The molecule has 3 aromatic rings. The molecule has 1 atom stereocenters. The Balaban J connectivity index is 1.56. The van der Waals surface area contributed by atoms with Gasteiger partial charge in [-0.05, 0) is 11.1 Å². The summed E-state index contributed by atoms with van der Waals surface area (Å²) in [6, 6.07) is 21.1. The third kappa shape index (κ3) is 3.68. The summed E-state index contributed by atoms with van der Waals surface area (Å²) >= 11 is 0. The number of ether oxygens (including phenoxy) is 2. The zero-order chi connectivity index (χ0) is 21.2. The number of amides is 1. The van der Waals surface area contributed by atoms with E-state index < -0.39 is 0 Å². The number of morpholine rings is 1. The van der Waals surface area contributed by atoms with Crippen LogP contribution in [0.3, 0.4) is 0 Å². The first-order valence-electron chi connectivity index (χ1n) is 10.3. The second-order valence-electron chi connectivity index (χ2n) is 7.61. The number of hydrogen-bond acceptors (Lipinski definition) is 5. The van der Waals surface area contributed by atoms with E-state index in [1.54, 1.807) is 15.8 Å². The van der Waals surface area contributed by atoms with Crippen molar-refractivity contribution in [2.24, 2.45) is 0 Å². The van der Waals surface area contributed by atoms with Crippen LogP contribution < -0.4 is 15.2 Å². The van der Waals surface area contributed by atoms with Crippen molar-refractivity contribution in [2.75, 3.05) is 24.8 Å². The molecule has 31 heavy (non-hydrogen) atoms. The van der Waals surface area contributed by atoms with E-state index in [9.17, 15) is 9.59 Å². The molecule has 3 heterocycles. The molecule has 1 fully saturated rings. The highest BCUT2D eigenvalue weighted by Gasteiger charge is 2.41. The van der Waals surface area contributed by atoms with Crippen molar-refractivity contribution in [3.63, 3.8) is 0 Å². The molecule has 0 N–H and O–H groups in total. The number of fused-ring (bicyclic) bond motifs is 2. The molecule has 0 unspecified atom stereocenters. The topological polar surface area (TPSA) is 64.0 Å². The van der Waals surface area contributed by atoms with Crippen LogP contribution in [0.4, 0.5) is 0 Å². The maximum absolute atomic E-state index is 13.4. The van der Waals surface area contributed by atoms with Crippen LogP contribution in [0.1, 0.15) is 21.6 Å². The maximum Gasteiger partial charge on any atom is 0.278 e. The van der Waals surface area contributed by atoms with E-state index in [0.717, 1.165) is 11.1 Å². The SMILES string of the molecule is O=C1c2c(OCc3ccccc3)c(=O)ccn2N(Cc2ccccc2)[C@@H]2COCCN12. The first-order chi connectivity index (χ1) is 15.2. The number of hydrogen-bond donors (Lipinski definition) is 0. The first-order valence-corrected chi connectivity index (χ1v) is 10.3. The Bertz CT molecular complexity index is 1130. The van der Waals surface area contributed by atoms with Gasteiger partial charge in [-0.25, -0.2) is 0 Å². The largest absolute Gasteiger partial charge is 0.482 e. The molecule has 7 nitrogen and oxygen atoms in total. The number of pyridine rings is 1. The van der Waals surface area contributed by atoms with Gasteiger partial charge in [0.1, 0.15) is 12.8 Å². The van der Waals surface area contributed by atoms with Crippen LogP contribution in [0.15, 0.2) is 77.7 Å². The van der Waals surface area contributed by atoms with Gasteiger partial charge in [-0.2, -0.15) is 0 Å². The Labute approximate surface area is 180 Å². The van der Waals surface area contributed by atoms with Crippen molar-refractivity contribution in [3.05, 3.63) is 100.0 Å². The van der Waals surface area contributed by atoms with Gasteiger partial charge in [-0.15, -0.1) is 0 Å². The fourth-order valence-electron chi connectivity index (χ4n) is 4.09. The van der Waals surface area contributed by atoms with Crippen LogP contribution in [0, 0.1) is 0 Å². The number of carbonyl (C=O) groups excluding carboxylic acids is 1.